The van der Waals surface area contributed by atoms with Gasteiger partial charge in [0.1, 0.15) is 12.1 Å². The average Bonchev–Trinajstić information content (AvgIpc) is 2.47. The van der Waals surface area contributed by atoms with Crippen molar-refractivity contribution in [3.63, 3.8) is 0 Å². The lowest BCUT2D eigenvalue weighted by Crippen LogP contribution is -2.36. The highest BCUT2D eigenvalue weighted by Gasteiger charge is 2.21. The van der Waals surface area contributed by atoms with Crippen LogP contribution in [0.4, 0.5) is 5.82 Å². The topological polar surface area (TPSA) is 29.0 Å². The van der Waals surface area contributed by atoms with Gasteiger partial charge in [-0.3, -0.25) is 0 Å². The van der Waals surface area contributed by atoms with E-state index in [2.05, 4.69) is 42.9 Å². The first-order chi connectivity index (χ1) is 8.88. The van der Waals surface area contributed by atoms with E-state index in [4.69, 9.17) is 0 Å². The fourth-order valence-corrected chi connectivity index (χ4v) is 3.15. The Balaban J connectivity index is 1.98. The highest BCUT2D eigenvalue weighted by Crippen LogP contribution is 2.27. The molecule has 4 heteroatoms. The molecule has 1 atom stereocenters. The zero-order chi connectivity index (χ0) is 12.4. The first-order valence-corrected chi connectivity index (χ1v) is 7.51. The molecule has 2 heterocycles. The number of para-hydroxylation sites is 1. The first-order valence-electron chi connectivity index (χ1n) is 6.39. The molecule has 1 aliphatic heterocycles. The molecule has 3 rings (SSSR count). The van der Waals surface area contributed by atoms with Crippen LogP contribution in [0.15, 0.2) is 30.6 Å². The predicted octanol–water partition coefficient (Wildman–Crippen LogP) is 3.24. The number of benzene rings is 1. The highest BCUT2D eigenvalue weighted by molar-refractivity contribution is 9.09. The summed E-state index contributed by atoms with van der Waals surface area (Å²) in [5.41, 5.74) is 1.03. The molecular formula is C14H16BrN3. The molecule has 0 N–H and O–H groups in total. The van der Waals surface area contributed by atoms with Crippen LogP contribution < -0.4 is 4.90 Å². The van der Waals surface area contributed by atoms with Crippen LogP contribution in [-0.4, -0.2) is 28.4 Å². The number of rotatable bonds is 2. The van der Waals surface area contributed by atoms with E-state index in [0.29, 0.717) is 0 Å². The number of fused-ring (bicyclic) bond motifs is 1. The van der Waals surface area contributed by atoms with E-state index < -0.39 is 0 Å². The van der Waals surface area contributed by atoms with Gasteiger partial charge in [0.25, 0.3) is 0 Å². The van der Waals surface area contributed by atoms with Gasteiger partial charge in [-0.05, 0) is 30.9 Å². The van der Waals surface area contributed by atoms with Crippen LogP contribution in [0.3, 0.4) is 0 Å². The van der Waals surface area contributed by atoms with Gasteiger partial charge in [0.15, 0.2) is 0 Å². The summed E-state index contributed by atoms with van der Waals surface area (Å²) in [6.45, 7) is 2.19. The molecule has 1 saturated heterocycles. The number of halogens is 1. The molecule has 1 aliphatic rings. The Bertz CT molecular complexity index is 538. The van der Waals surface area contributed by atoms with Gasteiger partial charge in [-0.2, -0.15) is 0 Å². The average molecular weight is 306 g/mol. The Kier molecular flexibility index (Phi) is 3.46. The summed E-state index contributed by atoms with van der Waals surface area (Å²) in [6.07, 6.45) is 4.23. The fraction of sp³-hybridized carbons (Fsp3) is 0.429. The monoisotopic (exact) mass is 305 g/mol. The molecule has 3 nitrogen and oxygen atoms in total. The van der Waals surface area contributed by atoms with Crippen molar-refractivity contribution in [2.45, 2.75) is 12.8 Å². The number of hydrogen-bond donors (Lipinski definition) is 0. The largest absolute Gasteiger partial charge is 0.356 e. The van der Waals surface area contributed by atoms with E-state index in [1.54, 1.807) is 6.33 Å². The Morgan fingerprint density at radius 3 is 3.06 bits per heavy atom. The molecule has 0 saturated carbocycles. The molecule has 1 unspecified atom stereocenters. The van der Waals surface area contributed by atoms with Gasteiger partial charge in [-0.25, -0.2) is 9.97 Å². The number of hydrogen-bond acceptors (Lipinski definition) is 3. The number of alkyl halides is 1. The maximum atomic E-state index is 4.50. The summed E-state index contributed by atoms with van der Waals surface area (Å²) in [7, 11) is 0. The van der Waals surface area contributed by atoms with Gasteiger partial charge in [-0.15, -0.1) is 0 Å². The molecule has 0 spiro atoms. The van der Waals surface area contributed by atoms with E-state index in [0.717, 1.165) is 41.1 Å². The Hall–Kier alpha value is -1.16. The molecule has 94 valence electrons. The lowest BCUT2D eigenvalue weighted by molar-refractivity contribution is 0.453. The van der Waals surface area contributed by atoms with Crippen LogP contribution in [-0.2, 0) is 0 Å². The summed E-state index contributed by atoms with van der Waals surface area (Å²) < 4.78 is 0. The van der Waals surface area contributed by atoms with Gasteiger partial charge >= 0.3 is 0 Å². The maximum Gasteiger partial charge on any atom is 0.139 e. The number of aromatic nitrogens is 2. The summed E-state index contributed by atoms with van der Waals surface area (Å²) >= 11 is 3.60. The van der Waals surface area contributed by atoms with E-state index in [1.807, 2.05) is 12.1 Å². The molecule has 1 aromatic heterocycles. The summed E-state index contributed by atoms with van der Waals surface area (Å²) in [5, 5.41) is 2.24. The number of piperidine rings is 1. The SMILES string of the molecule is BrCC1CCCN(c2ncnc3ccccc23)C1. The van der Waals surface area contributed by atoms with Gasteiger partial charge in [-0.1, -0.05) is 28.1 Å². The summed E-state index contributed by atoms with van der Waals surface area (Å²) in [4.78, 5) is 11.2. The minimum Gasteiger partial charge on any atom is -0.356 e. The number of anilines is 1. The second kappa shape index (κ2) is 5.22. The van der Waals surface area contributed by atoms with Crippen LogP contribution in [0, 0.1) is 5.92 Å². The van der Waals surface area contributed by atoms with E-state index in [9.17, 15) is 0 Å². The Labute approximate surface area is 115 Å². The minimum atomic E-state index is 0.729. The van der Waals surface area contributed by atoms with E-state index >= 15 is 0 Å². The van der Waals surface area contributed by atoms with Crippen LogP contribution in [0.2, 0.25) is 0 Å². The van der Waals surface area contributed by atoms with Crippen molar-refractivity contribution in [3.8, 4) is 0 Å². The van der Waals surface area contributed by atoms with Gasteiger partial charge in [0.05, 0.1) is 5.52 Å². The van der Waals surface area contributed by atoms with E-state index in [-0.39, 0.29) is 0 Å². The van der Waals surface area contributed by atoms with Crippen molar-refractivity contribution >= 4 is 32.7 Å². The zero-order valence-electron chi connectivity index (χ0n) is 10.2. The number of nitrogens with zero attached hydrogens (tertiary/aromatic N) is 3. The van der Waals surface area contributed by atoms with Crippen LogP contribution in [0.1, 0.15) is 12.8 Å². The molecular weight excluding hydrogens is 290 g/mol. The third kappa shape index (κ3) is 2.21. The Morgan fingerprint density at radius 1 is 1.28 bits per heavy atom. The third-order valence-corrected chi connectivity index (χ3v) is 4.47. The molecule has 0 aliphatic carbocycles. The van der Waals surface area contributed by atoms with Crippen molar-refractivity contribution in [2.75, 3.05) is 23.3 Å². The molecule has 2 aromatic rings. The Morgan fingerprint density at radius 2 is 2.17 bits per heavy atom. The normalized spacial score (nSPS) is 20.3. The second-order valence-corrected chi connectivity index (χ2v) is 5.47. The minimum absolute atomic E-state index is 0.729. The maximum absolute atomic E-state index is 4.50. The lowest BCUT2D eigenvalue weighted by Gasteiger charge is -2.33. The molecule has 0 bridgehead atoms. The van der Waals surface area contributed by atoms with Gasteiger partial charge < -0.3 is 4.90 Å². The second-order valence-electron chi connectivity index (χ2n) is 4.82. The van der Waals surface area contributed by atoms with Gasteiger partial charge in [0, 0.05) is 23.8 Å². The van der Waals surface area contributed by atoms with Gasteiger partial charge in [0.2, 0.25) is 0 Å². The zero-order valence-corrected chi connectivity index (χ0v) is 11.8. The van der Waals surface area contributed by atoms with Crippen molar-refractivity contribution in [2.24, 2.45) is 5.92 Å². The van der Waals surface area contributed by atoms with Crippen molar-refractivity contribution in [3.05, 3.63) is 30.6 Å². The van der Waals surface area contributed by atoms with Crippen LogP contribution in [0.5, 0.6) is 0 Å². The third-order valence-electron chi connectivity index (χ3n) is 3.56. The van der Waals surface area contributed by atoms with E-state index in [1.165, 1.54) is 12.8 Å². The molecule has 18 heavy (non-hydrogen) atoms. The van der Waals surface area contributed by atoms with Crippen molar-refractivity contribution in [1.82, 2.24) is 9.97 Å². The lowest BCUT2D eigenvalue weighted by atomic mass is 10.00. The molecule has 1 aromatic carbocycles. The molecule has 0 radical (unpaired) electrons. The van der Waals surface area contributed by atoms with Crippen LogP contribution in [0.25, 0.3) is 10.9 Å². The smallest absolute Gasteiger partial charge is 0.139 e. The molecule has 1 fully saturated rings. The van der Waals surface area contributed by atoms with Crippen LogP contribution >= 0.6 is 15.9 Å². The van der Waals surface area contributed by atoms with Crippen molar-refractivity contribution in [1.29, 1.82) is 0 Å². The fourth-order valence-electron chi connectivity index (χ4n) is 2.63. The highest BCUT2D eigenvalue weighted by atomic mass is 79.9. The summed E-state index contributed by atoms with van der Waals surface area (Å²) in [6, 6.07) is 8.24. The predicted molar refractivity (Wildman–Crippen MR) is 78.3 cm³/mol. The first kappa shape index (κ1) is 11.9. The quantitative estimate of drug-likeness (QED) is 0.798. The standard InChI is InChI=1S/C14H16BrN3/c15-8-11-4-3-7-18(9-11)14-12-5-1-2-6-13(12)16-10-17-14/h1-2,5-6,10-11H,3-4,7-9H2. The van der Waals surface area contributed by atoms with Crippen molar-refractivity contribution < 1.29 is 0 Å². The molecule has 0 amide bonds. The summed E-state index contributed by atoms with van der Waals surface area (Å²) in [5.74, 6) is 1.82.